The van der Waals surface area contributed by atoms with Gasteiger partial charge in [-0.3, -0.25) is 0 Å². The highest BCUT2D eigenvalue weighted by atomic mass is 35.5. The molecule has 0 bridgehead atoms. The monoisotopic (exact) mass is 329 g/mol. The molecule has 2 heterocycles. The Balaban J connectivity index is 1.87. The van der Waals surface area contributed by atoms with Crippen LogP contribution in [0.1, 0.15) is 61.3 Å². The van der Waals surface area contributed by atoms with Gasteiger partial charge in [-0.1, -0.05) is 30.5 Å². The van der Waals surface area contributed by atoms with Gasteiger partial charge in [0.05, 0.1) is 11.4 Å². The molecule has 1 aliphatic carbocycles. The van der Waals surface area contributed by atoms with E-state index in [1.54, 1.807) is 0 Å². The third-order valence-corrected chi connectivity index (χ3v) is 5.54. The maximum absolute atomic E-state index is 6.25. The molecule has 3 nitrogen and oxygen atoms in total. The number of anilines is 1. The first-order valence-corrected chi connectivity index (χ1v) is 9.24. The van der Waals surface area contributed by atoms with E-state index in [9.17, 15) is 0 Å². The number of hydrogen-bond donors (Lipinski definition) is 1. The SMILES string of the molecule is Cc1ccc(Cl)cc1-n1nc(C2CCCC2)c2c1NCCCC2. The largest absolute Gasteiger partial charge is 0.370 e. The van der Waals surface area contributed by atoms with Crippen molar-refractivity contribution in [3.05, 3.63) is 40.0 Å². The highest BCUT2D eigenvalue weighted by Gasteiger charge is 2.28. The number of nitrogens with one attached hydrogen (secondary N) is 1. The van der Waals surface area contributed by atoms with Gasteiger partial charge in [-0.25, -0.2) is 4.68 Å². The van der Waals surface area contributed by atoms with Gasteiger partial charge in [-0.15, -0.1) is 0 Å². The van der Waals surface area contributed by atoms with Crippen molar-refractivity contribution >= 4 is 17.4 Å². The molecule has 0 radical (unpaired) electrons. The first-order valence-electron chi connectivity index (χ1n) is 8.86. The van der Waals surface area contributed by atoms with Gasteiger partial charge in [0.15, 0.2) is 0 Å². The molecule has 1 N–H and O–H groups in total. The fourth-order valence-corrected chi connectivity index (χ4v) is 4.21. The summed E-state index contributed by atoms with van der Waals surface area (Å²) in [6.07, 6.45) is 8.89. The van der Waals surface area contributed by atoms with Crippen LogP contribution in [0.3, 0.4) is 0 Å². The van der Waals surface area contributed by atoms with E-state index < -0.39 is 0 Å². The fourth-order valence-electron chi connectivity index (χ4n) is 4.04. The Morgan fingerprint density at radius 1 is 1.17 bits per heavy atom. The van der Waals surface area contributed by atoms with Crippen molar-refractivity contribution in [2.24, 2.45) is 0 Å². The molecule has 1 aromatic carbocycles. The predicted octanol–water partition coefficient (Wildman–Crippen LogP) is 5.24. The van der Waals surface area contributed by atoms with E-state index in [4.69, 9.17) is 16.7 Å². The average Bonchev–Trinajstić information content (AvgIpc) is 3.12. The molecule has 0 amide bonds. The third kappa shape index (κ3) is 2.76. The average molecular weight is 330 g/mol. The lowest BCUT2D eigenvalue weighted by Gasteiger charge is -2.12. The second-order valence-corrected chi connectivity index (χ2v) is 7.36. The van der Waals surface area contributed by atoms with Gasteiger partial charge in [0, 0.05) is 23.0 Å². The summed E-state index contributed by atoms with van der Waals surface area (Å²) in [5.41, 5.74) is 5.11. The second-order valence-electron chi connectivity index (χ2n) is 6.92. The molecule has 1 fully saturated rings. The number of halogens is 1. The van der Waals surface area contributed by atoms with Crippen molar-refractivity contribution < 1.29 is 0 Å². The van der Waals surface area contributed by atoms with Crippen LogP contribution in [0.15, 0.2) is 18.2 Å². The molecule has 4 rings (SSSR count). The Kier molecular flexibility index (Phi) is 4.06. The van der Waals surface area contributed by atoms with E-state index in [0.29, 0.717) is 5.92 Å². The van der Waals surface area contributed by atoms with Crippen molar-refractivity contribution in [1.82, 2.24) is 9.78 Å². The van der Waals surface area contributed by atoms with Crippen molar-refractivity contribution in [3.63, 3.8) is 0 Å². The van der Waals surface area contributed by atoms with Gasteiger partial charge in [-0.2, -0.15) is 5.10 Å². The highest BCUT2D eigenvalue weighted by Crippen LogP contribution is 2.40. The molecule has 2 aromatic rings. The standard InChI is InChI=1S/C19H24ClN3/c1-13-9-10-15(20)12-17(13)23-19-16(8-4-5-11-21-19)18(22-23)14-6-2-3-7-14/h9-10,12,14,21H,2-8,11H2,1H3. The Morgan fingerprint density at radius 2 is 2.00 bits per heavy atom. The van der Waals surface area contributed by atoms with Crippen LogP contribution in [0.4, 0.5) is 5.82 Å². The van der Waals surface area contributed by atoms with Crippen LogP contribution in [0.5, 0.6) is 0 Å². The highest BCUT2D eigenvalue weighted by molar-refractivity contribution is 6.30. The van der Waals surface area contributed by atoms with Gasteiger partial charge in [0.1, 0.15) is 5.82 Å². The molecule has 0 atom stereocenters. The maximum atomic E-state index is 6.25. The van der Waals surface area contributed by atoms with Crippen LogP contribution in [0.25, 0.3) is 5.69 Å². The molecule has 0 unspecified atom stereocenters. The minimum absolute atomic E-state index is 0.643. The normalized spacial score (nSPS) is 18.5. The molecule has 2 aliphatic rings. The fraction of sp³-hybridized carbons (Fsp3) is 0.526. The zero-order chi connectivity index (χ0) is 15.8. The van der Waals surface area contributed by atoms with Crippen molar-refractivity contribution in [1.29, 1.82) is 0 Å². The molecule has 4 heteroatoms. The number of aromatic nitrogens is 2. The first-order chi connectivity index (χ1) is 11.2. The molecular weight excluding hydrogens is 306 g/mol. The summed E-state index contributed by atoms with van der Waals surface area (Å²) in [6.45, 7) is 3.16. The predicted molar refractivity (Wildman–Crippen MR) is 95.9 cm³/mol. The molecule has 0 spiro atoms. The summed E-state index contributed by atoms with van der Waals surface area (Å²) in [5.74, 6) is 1.85. The number of benzene rings is 1. The van der Waals surface area contributed by atoms with Gasteiger partial charge in [-0.05, 0) is 56.7 Å². The molecule has 0 saturated heterocycles. The van der Waals surface area contributed by atoms with E-state index in [1.807, 2.05) is 12.1 Å². The van der Waals surface area contributed by atoms with Gasteiger partial charge in [0.25, 0.3) is 0 Å². The summed E-state index contributed by atoms with van der Waals surface area (Å²) in [7, 11) is 0. The minimum Gasteiger partial charge on any atom is -0.370 e. The lowest BCUT2D eigenvalue weighted by Crippen LogP contribution is -2.08. The zero-order valence-corrected chi connectivity index (χ0v) is 14.5. The smallest absolute Gasteiger partial charge is 0.133 e. The maximum Gasteiger partial charge on any atom is 0.133 e. The van der Waals surface area contributed by atoms with Crippen molar-refractivity contribution in [2.75, 3.05) is 11.9 Å². The van der Waals surface area contributed by atoms with Crippen molar-refractivity contribution in [3.8, 4) is 5.69 Å². The number of nitrogens with zero attached hydrogens (tertiary/aromatic N) is 2. The number of fused-ring (bicyclic) bond motifs is 1. The van der Waals surface area contributed by atoms with E-state index in [1.165, 1.54) is 61.2 Å². The Labute approximate surface area is 143 Å². The lowest BCUT2D eigenvalue weighted by atomic mass is 9.97. The number of aryl methyl sites for hydroxylation is 1. The van der Waals surface area contributed by atoms with E-state index in [0.717, 1.165) is 23.7 Å². The van der Waals surface area contributed by atoms with Crippen molar-refractivity contribution in [2.45, 2.75) is 57.8 Å². The topological polar surface area (TPSA) is 29.9 Å². The van der Waals surface area contributed by atoms with E-state index in [2.05, 4.69) is 23.0 Å². The minimum atomic E-state index is 0.643. The summed E-state index contributed by atoms with van der Waals surface area (Å²) < 4.78 is 2.12. The lowest BCUT2D eigenvalue weighted by molar-refractivity contribution is 0.663. The van der Waals surface area contributed by atoms with Crippen LogP contribution in [0, 0.1) is 6.92 Å². The molecule has 122 valence electrons. The van der Waals surface area contributed by atoms with Gasteiger partial charge >= 0.3 is 0 Å². The first kappa shape index (κ1) is 15.1. The number of hydrogen-bond acceptors (Lipinski definition) is 2. The summed E-state index contributed by atoms with van der Waals surface area (Å²) >= 11 is 6.25. The quantitative estimate of drug-likeness (QED) is 0.816. The number of rotatable bonds is 2. The van der Waals surface area contributed by atoms with Crippen LogP contribution < -0.4 is 5.32 Å². The Morgan fingerprint density at radius 3 is 2.83 bits per heavy atom. The van der Waals surface area contributed by atoms with Crippen LogP contribution in [0.2, 0.25) is 5.02 Å². The molecule has 23 heavy (non-hydrogen) atoms. The molecular formula is C19H24ClN3. The second kappa shape index (κ2) is 6.20. The molecule has 1 aliphatic heterocycles. The van der Waals surface area contributed by atoms with E-state index in [-0.39, 0.29) is 0 Å². The van der Waals surface area contributed by atoms with Gasteiger partial charge in [0.2, 0.25) is 0 Å². The molecule has 1 saturated carbocycles. The third-order valence-electron chi connectivity index (χ3n) is 5.30. The molecule has 1 aromatic heterocycles. The Hall–Kier alpha value is -1.48. The summed E-state index contributed by atoms with van der Waals surface area (Å²) in [4.78, 5) is 0. The van der Waals surface area contributed by atoms with Crippen LogP contribution >= 0.6 is 11.6 Å². The van der Waals surface area contributed by atoms with E-state index >= 15 is 0 Å². The Bertz CT molecular complexity index is 714. The zero-order valence-electron chi connectivity index (χ0n) is 13.7. The summed E-state index contributed by atoms with van der Waals surface area (Å²) in [6, 6.07) is 6.07. The van der Waals surface area contributed by atoms with Gasteiger partial charge < -0.3 is 5.32 Å². The summed E-state index contributed by atoms with van der Waals surface area (Å²) in [5, 5.41) is 9.49. The van der Waals surface area contributed by atoms with Crippen LogP contribution in [-0.4, -0.2) is 16.3 Å². The van der Waals surface area contributed by atoms with Crippen LogP contribution in [-0.2, 0) is 6.42 Å².